The molecule has 0 aromatic heterocycles. The van der Waals surface area contributed by atoms with Crippen molar-refractivity contribution in [2.24, 2.45) is 0 Å². The van der Waals surface area contributed by atoms with E-state index in [4.69, 9.17) is 0 Å². The number of hydrogen-bond donors (Lipinski definition) is 0. The van der Waals surface area contributed by atoms with Crippen molar-refractivity contribution in [2.75, 3.05) is 0 Å². The van der Waals surface area contributed by atoms with Gasteiger partial charge in [0.25, 0.3) is 0 Å². The summed E-state index contributed by atoms with van der Waals surface area (Å²) >= 11 is 0. The highest BCUT2D eigenvalue weighted by atomic mass is 14.0. The van der Waals surface area contributed by atoms with E-state index >= 15 is 0 Å². The number of benzene rings is 4. The maximum absolute atomic E-state index is 3.41. The van der Waals surface area contributed by atoms with Crippen molar-refractivity contribution < 1.29 is 0 Å². The third-order valence-electron chi connectivity index (χ3n) is 5.86. The third-order valence-corrected chi connectivity index (χ3v) is 5.86. The molecule has 0 fully saturated rings. The lowest BCUT2D eigenvalue weighted by atomic mass is 9.99. The summed E-state index contributed by atoms with van der Waals surface area (Å²) in [5.41, 5.74) is 3.60. The van der Waals surface area contributed by atoms with Gasteiger partial charge in [-0.05, 0) is 70.3 Å². The van der Waals surface area contributed by atoms with E-state index < -0.39 is 0 Å². The summed E-state index contributed by atoms with van der Waals surface area (Å²) in [6.07, 6.45) is 9.26. The van der Waals surface area contributed by atoms with Gasteiger partial charge in [-0.3, -0.25) is 0 Å². The molecule has 0 aliphatic carbocycles. The molecule has 0 bridgehead atoms. The van der Waals surface area contributed by atoms with Crippen molar-refractivity contribution in [2.45, 2.75) is 51.9 Å². The minimum Gasteiger partial charge on any atom is -0.0654 e. The second kappa shape index (κ2) is 10.1. The molecule has 0 heteroatoms. The first-order valence-electron chi connectivity index (χ1n) is 11.4. The Morgan fingerprint density at radius 2 is 1.30 bits per heavy atom. The van der Waals surface area contributed by atoms with Gasteiger partial charge in [0.2, 0.25) is 0 Å². The molecule has 0 aliphatic heterocycles. The predicted octanol–water partition coefficient (Wildman–Crippen LogP) is 8.30. The molecule has 4 aromatic carbocycles. The fraction of sp³-hybridized carbons (Fsp3) is 0.267. The average Bonchev–Trinajstić information content (AvgIpc) is 2.79. The fourth-order valence-electron chi connectivity index (χ4n) is 4.08. The molecule has 0 unspecified atom stereocenters. The summed E-state index contributed by atoms with van der Waals surface area (Å²) in [5, 5.41) is 5.01. The molecule has 4 rings (SSSR count). The van der Waals surface area contributed by atoms with Gasteiger partial charge in [0.1, 0.15) is 0 Å². The van der Waals surface area contributed by atoms with Gasteiger partial charge in [-0.2, -0.15) is 0 Å². The van der Waals surface area contributed by atoms with Crippen LogP contribution in [0.4, 0.5) is 0 Å². The van der Waals surface area contributed by atoms with Crippen molar-refractivity contribution in [3.05, 3.63) is 95.6 Å². The van der Waals surface area contributed by atoms with Gasteiger partial charge in [0, 0.05) is 11.1 Å². The Morgan fingerprint density at radius 1 is 0.600 bits per heavy atom. The van der Waals surface area contributed by atoms with Crippen LogP contribution in [0.1, 0.15) is 62.1 Å². The van der Waals surface area contributed by atoms with Crippen molar-refractivity contribution in [3.8, 4) is 11.8 Å². The van der Waals surface area contributed by atoms with E-state index in [2.05, 4.69) is 97.6 Å². The minimum atomic E-state index is 1.08. The molecule has 0 saturated carbocycles. The van der Waals surface area contributed by atoms with Crippen LogP contribution in [0.15, 0.2) is 78.9 Å². The quantitative estimate of drug-likeness (QED) is 0.169. The number of hydrogen-bond acceptors (Lipinski definition) is 0. The summed E-state index contributed by atoms with van der Waals surface area (Å²) in [5.74, 6) is 6.78. The Kier molecular flexibility index (Phi) is 6.83. The van der Waals surface area contributed by atoms with Crippen molar-refractivity contribution in [3.63, 3.8) is 0 Å². The maximum Gasteiger partial charge on any atom is 0.0327 e. The van der Waals surface area contributed by atoms with E-state index in [1.54, 1.807) is 0 Å². The lowest BCUT2D eigenvalue weighted by Gasteiger charge is -2.04. The highest BCUT2D eigenvalue weighted by molar-refractivity contribution is 6.00. The lowest BCUT2D eigenvalue weighted by Crippen LogP contribution is -1.87. The molecular weight excluding hydrogens is 360 g/mol. The second-order valence-electron chi connectivity index (χ2n) is 8.19. The monoisotopic (exact) mass is 390 g/mol. The van der Waals surface area contributed by atoms with Crippen LogP contribution in [0.3, 0.4) is 0 Å². The Balaban J connectivity index is 1.46. The Hall–Kier alpha value is -3.04. The molecule has 0 heterocycles. The van der Waals surface area contributed by atoms with Gasteiger partial charge in [0.05, 0.1) is 0 Å². The van der Waals surface area contributed by atoms with Gasteiger partial charge in [-0.15, -0.1) is 0 Å². The molecule has 0 aliphatic rings. The molecule has 0 saturated heterocycles. The molecular formula is C30H30. The largest absolute Gasteiger partial charge is 0.0654 e. The van der Waals surface area contributed by atoms with Gasteiger partial charge in [-0.1, -0.05) is 99.4 Å². The molecule has 0 amide bonds. The lowest BCUT2D eigenvalue weighted by molar-refractivity contribution is 0.607. The SMILES string of the molecule is CCCCCCCCc1ccc(C#Cc2cccc3cc4ccccc4cc23)cc1. The molecule has 0 radical (unpaired) electrons. The van der Waals surface area contributed by atoms with Gasteiger partial charge >= 0.3 is 0 Å². The number of aryl methyl sites for hydroxylation is 1. The number of unbranched alkanes of at least 4 members (excludes halogenated alkanes) is 5. The highest BCUT2D eigenvalue weighted by Crippen LogP contribution is 2.25. The van der Waals surface area contributed by atoms with E-state index in [0.717, 1.165) is 11.1 Å². The molecule has 4 aromatic rings. The molecule has 0 spiro atoms. The standard InChI is InChI=1S/C30H30/c1-2-3-4-5-6-7-11-24-16-18-25(19-17-24)20-21-26-14-10-15-29-22-27-12-8-9-13-28(27)23-30(26)29/h8-10,12-19,22-23H,2-7,11H2,1H3. The van der Waals surface area contributed by atoms with Crippen LogP contribution in [0, 0.1) is 11.8 Å². The molecule has 30 heavy (non-hydrogen) atoms. The van der Waals surface area contributed by atoms with Crippen molar-refractivity contribution in [1.29, 1.82) is 0 Å². The first-order valence-corrected chi connectivity index (χ1v) is 11.4. The Labute approximate surface area is 181 Å². The first-order chi connectivity index (χ1) is 14.8. The van der Waals surface area contributed by atoms with Crippen molar-refractivity contribution >= 4 is 21.5 Å². The summed E-state index contributed by atoms with van der Waals surface area (Å²) in [4.78, 5) is 0. The number of rotatable bonds is 7. The fourth-order valence-corrected chi connectivity index (χ4v) is 4.08. The summed E-state index contributed by atoms with van der Waals surface area (Å²) < 4.78 is 0. The summed E-state index contributed by atoms with van der Waals surface area (Å²) in [7, 11) is 0. The smallest absolute Gasteiger partial charge is 0.0327 e. The zero-order valence-electron chi connectivity index (χ0n) is 18.0. The topological polar surface area (TPSA) is 0 Å². The Morgan fingerprint density at radius 3 is 2.10 bits per heavy atom. The number of fused-ring (bicyclic) bond motifs is 2. The zero-order chi connectivity index (χ0) is 20.6. The Bertz CT molecular complexity index is 1170. The van der Waals surface area contributed by atoms with Crippen LogP contribution in [0.25, 0.3) is 21.5 Å². The zero-order valence-corrected chi connectivity index (χ0v) is 18.0. The van der Waals surface area contributed by atoms with Crippen LogP contribution >= 0.6 is 0 Å². The normalized spacial score (nSPS) is 10.8. The summed E-state index contributed by atoms with van der Waals surface area (Å²) in [6.45, 7) is 2.27. The van der Waals surface area contributed by atoms with E-state index in [9.17, 15) is 0 Å². The van der Waals surface area contributed by atoms with Crippen LogP contribution < -0.4 is 0 Å². The molecule has 0 N–H and O–H groups in total. The molecule has 150 valence electrons. The van der Waals surface area contributed by atoms with Crippen molar-refractivity contribution in [1.82, 2.24) is 0 Å². The molecule has 0 atom stereocenters. The average molecular weight is 391 g/mol. The van der Waals surface area contributed by atoms with Gasteiger partial charge < -0.3 is 0 Å². The van der Waals surface area contributed by atoms with E-state index in [-0.39, 0.29) is 0 Å². The van der Waals surface area contributed by atoms with Crippen LogP contribution in [-0.4, -0.2) is 0 Å². The highest BCUT2D eigenvalue weighted by Gasteiger charge is 2.01. The second-order valence-corrected chi connectivity index (χ2v) is 8.19. The minimum absolute atomic E-state index is 1.08. The molecule has 0 nitrogen and oxygen atoms in total. The van der Waals surface area contributed by atoms with E-state index in [0.29, 0.717) is 0 Å². The maximum atomic E-state index is 3.41. The van der Waals surface area contributed by atoms with E-state index in [1.807, 2.05) is 0 Å². The third kappa shape index (κ3) is 5.11. The summed E-state index contributed by atoms with van der Waals surface area (Å²) in [6, 6.07) is 28.3. The van der Waals surface area contributed by atoms with Gasteiger partial charge in [0.15, 0.2) is 0 Å². The predicted molar refractivity (Wildman–Crippen MR) is 131 cm³/mol. The van der Waals surface area contributed by atoms with Gasteiger partial charge in [-0.25, -0.2) is 0 Å². The first kappa shape index (κ1) is 20.2. The van der Waals surface area contributed by atoms with Crippen LogP contribution in [-0.2, 0) is 6.42 Å². The van der Waals surface area contributed by atoms with E-state index in [1.165, 1.54) is 72.1 Å². The van der Waals surface area contributed by atoms with Crippen LogP contribution in [0.5, 0.6) is 0 Å². The van der Waals surface area contributed by atoms with Crippen LogP contribution in [0.2, 0.25) is 0 Å².